The molecule has 2 fully saturated rings. The van der Waals surface area contributed by atoms with E-state index in [1.807, 2.05) is 14.0 Å². The number of nitrogens with zero attached hydrogens (tertiary/aromatic N) is 1. The van der Waals surface area contributed by atoms with Crippen molar-refractivity contribution in [3.05, 3.63) is 0 Å². The molecule has 0 aromatic heterocycles. The minimum atomic E-state index is -0.492. The molecule has 1 saturated heterocycles. The molecule has 1 aliphatic carbocycles. The van der Waals surface area contributed by atoms with Gasteiger partial charge in [-0.2, -0.15) is 0 Å². The van der Waals surface area contributed by atoms with Crippen LogP contribution in [-0.2, 0) is 9.53 Å². The third kappa shape index (κ3) is 2.95. The van der Waals surface area contributed by atoms with E-state index in [1.54, 1.807) is 0 Å². The van der Waals surface area contributed by atoms with Gasteiger partial charge in [-0.3, -0.25) is 4.90 Å². The average Bonchev–Trinajstić information content (AvgIpc) is 3.14. The molecule has 110 valence electrons. The van der Waals surface area contributed by atoms with Crippen LogP contribution in [-0.4, -0.2) is 49.2 Å². The van der Waals surface area contributed by atoms with E-state index >= 15 is 0 Å². The topological polar surface area (TPSA) is 41.6 Å². The first kappa shape index (κ1) is 14.8. The maximum Gasteiger partial charge on any atom is 0.327 e. The number of ether oxygens (including phenoxy) is 1. The number of hydrogen-bond donors (Lipinski definition) is 1. The zero-order valence-electron chi connectivity index (χ0n) is 12.7. The van der Waals surface area contributed by atoms with E-state index in [9.17, 15) is 4.79 Å². The Labute approximate surface area is 116 Å². The smallest absolute Gasteiger partial charge is 0.327 e. The molecule has 3 unspecified atom stereocenters. The molecule has 0 radical (unpaired) electrons. The van der Waals surface area contributed by atoms with Gasteiger partial charge in [0.2, 0.25) is 0 Å². The van der Waals surface area contributed by atoms with Crippen LogP contribution >= 0.6 is 0 Å². The Morgan fingerprint density at radius 2 is 2.11 bits per heavy atom. The highest BCUT2D eigenvalue weighted by molar-refractivity contribution is 5.82. The number of hydrogen-bond acceptors (Lipinski definition) is 4. The molecule has 2 rings (SSSR count). The minimum absolute atomic E-state index is 0.0632. The molecule has 0 aromatic carbocycles. The van der Waals surface area contributed by atoms with Crippen molar-refractivity contribution < 1.29 is 9.53 Å². The van der Waals surface area contributed by atoms with Gasteiger partial charge in [0, 0.05) is 19.1 Å². The van der Waals surface area contributed by atoms with Gasteiger partial charge in [0.15, 0.2) is 0 Å². The van der Waals surface area contributed by atoms with Crippen LogP contribution in [0.5, 0.6) is 0 Å². The molecule has 1 saturated carbocycles. The SMILES string of the molecule is CCOC(=O)C(CN1CC(C)CC1C)(NC)C1CC1. The van der Waals surface area contributed by atoms with Crippen LogP contribution in [0.4, 0.5) is 0 Å². The third-order valence-corrected chi connectivity index (χ3v) is 4.73. The zero-order chi connectivity index (χ0) is 14.0. The molecule has 4 nitrogen and oxygen atoms in total. The molecule has 2 aliphatic rings. The molecule has 0 spiro atoms. The Morgan fingerprint density at radius 3 is 2.53 bits per heavy atom. The number of likely N-dealkylation sites (N-methyl/N-ethyl adjacent to an activating group) is 1. The molecule has 4 heteroatoms. The fraction of sp³-hybridized carbons (Fsp3) is 0.933. The van der Waals surface area contributed by atoms with Crippen molar-refractivity contribution >= 4 is 5.97 Å². The lowest BCUT2D eigenvalue weighted by atomic mass is 9.92. The normalized spacial score (nSPS) is 31.2. The summed E-state index contributed by atoms with van der Waals surface area (Å²) in [5, 5.41) is 3.31. The minimum Gasteiger partial charge on any atom is -0.465 e. The van der Waals surface area contributed by atoms with Crippen LogP contribution in [0, 0.1) is 11.8 Å². The number of likely N-dealkylation sites (tertiary alicyclic amines) is 1. The lowest BCUT2D eigenvalue weighted by Crippen LogP contribution is -2.60. The fourth-order valence-corrected chi connectivity index (χ4v) is 3.51. The van der Waals surface area contributed by atoms with Gasteiger partial charge >= 0.3 is 5.97 Å². The number of nitrogens with one attached hydrogen (secondary N) is 1. The van der Waals surface area contributed by atoms with Crippen LogP contribution in [0.15, 0.2) is 0 Å². The fourth-order valence-electron chi connectivity index (χ4n) is 3.51. The van der Waals surface area contributed by atoms with E-state index in [0.717, 1.165) is 31.8 Å². The van der Waals surface area contributed by atoms with Gasteiger partial charge in [-0.1, -0.05) is 6.92 Å². The number of carbonyl (C=O) groups excluding carboxylic acids is 1. The molecule has 0 aromatic rings. The highest BCUT2D eigenvalue weighted by Gasteiger charge is 2.52. The predicted molar refractivity (Wildman–Crippen MR) is 76.0 cm³/mol. The van der Waals surface area contributed by atoms with Crippen LogP contribution in [0.3, 0.4) is 0 Å². The van der Waals surface area contributed by atoms with Gasteiger partial charge in [-0.05, 0) is 52.0 Å². The summed E-state index contributed by atoms with van der Waals surface area (Å²) in [6.07, 6.45) is 3.50. The second-order valence-electron chi connectivity index (χ2n) is 6.34. The van der Waals surface area contributed by atoms with E-state index in [4.69, 9.17) is 4.74 Å². The molecule has 0 bridgehead atoms. The van der Waals surface area contributed by atoms with E-state index in [2.05, 4.69) is 24.1 Å². The Hall–Kier alpha value is -0.610. The summed E-state index contributed by atoms with van der Waals surface area (Å²) in [6, 6.07) is 0.566. The Bertz CT molecular complexity index is 330. The monoisotopic (exact) mass is 268 g/mol. The van der Waals surface area contributed by atoms with Gasteiger partial charge in [-0.15, -0.1) is 0 Å². The van der Waals surface area contributed by atoms with Gasteiger partial charge in [-0.25, -0.2) is 4.79 Å². The zero-order valence-corrected chi connectivity index (χ0v) is 12.7. The lowest BCUT2D eigenvalue weighted by Gasteiger charge is -2.36. The highest BCUT2D eigenvalue weighted by atomic mass is 16.5. The summed E-state index contributed by atoms with van der Waals surface area (Å²) in [4.78, 5) is 14.9. The van der Waals surface area contributed by atoms with Crippen molar-refractivity contribution in [1.29, 1.82) is 0 Å². The second-order valence-corrected chi connectivity index (χ2v) is 6.34. The lowest BCUT2D eigenvalue weighted by molar-refractivity contribution is -0.153. The molecule has 1 aliphatic heterocycles. The molecule has 1 heterocycles. The molecule has 19 heavy (non-hydrogen) atoms. The predicted octanol–water partition coefficient (Wildman–Crippen LogP) is 1.65. The average molecular weight is 268 g/mol. The first-order chi connectivity index (χ1) is 9.03. The van der Waals surface area contributed by atoms with E-state index in [0.29, 0.717) is 18.6 Å². The Morgan fingerprint density at radius 1 is 1.42 bits per heavy atom. The third-order valence-electron chi connectivity index (χ3n) is 4.73. The summed E-state index contributed by atoms with van der Waals surface area (Å²) in [5.41, 5.74) is -0.492. The summed E-state index contributed by atoms with van der Waals surface area (Å²) < 4.78 is 5.34. The van der Waals surface area contributed by atoms with Crippen molar-refractivity contribution in [2.75, 3.05) is 26.7 Å². The van der Waals surface area contributed by atoms with Crippen LogP contribution in [0.1, 0.15) is 40.0 Å². The summed E-state index contributed by atoms with van der Waals surface area (Å²) >= 11 is 0. The molecule has 0 amide bonds. The van der Waals surface area contributed by atoms with Crippen molar-refractivity contribution in [3.8, 4) is 0 Å². The standard InChI is InChI=1S/C15H28N2O2/c1-5-19-14(18)15(16-4,13-6-7-13)10-17-9-11(2)8-12(17)3/h11-13,16H,5-10H2,1-4H3. The van der Waals surface area contributed by atoms with Gasteiger partial charge in [0.25, 0.3) is 0 Å². The van der Waals surface area contributed by atoms with E-state index in [-0.39, 0.29) is 5.97 Å². The summed E-state index contributed by atoms with van der Waals surface area (Å²) in [5.74, 6) is 1.11. The number of rotatable bonds is 6. The maximum atomic E-state index is 12.4. The molecular weight excluding hydrogens is 240 g/mol. The van der Waals surface area contributed by atoms with Crippen LogP contribution in [0.25, 0.3) is 0 Å². The number of esters is 1. The maximum absolute atomic E-state index is 12.4. The molecular formula is C15H28N2O2. The largest absolute Gasteiger partial charge is 0.465 e. The van der Waals surface area contributed by atoms with Gasteiger partial charge in [0.1, 0.15) is 5.54 Å². The van der Waals surface area contributed by atoms with Gasteiger partial charge < -0.3 is 10.1 Å². The first-order valence-electron chi connectivity index (χ1n) is 7.63. The van der Waals surface area contributed by atoms with E-state index in [1.165, 1.54) is 6.42 Å². The first-order valence-corrected chi connectivity index (χ1v) is 7.63. The highest BCUT2D eigenvalue weighted by Crippen LogP contribution is 2.42. The van der Waals surface area contributed by atoms with E-state index < -0.39 is 5.54 Å². The Balaban J connectivity index is 2.11. The van der Waals surface area contributed by atoms with Crippen LogP contribution in [0.2, 0.25) is 0 Å². The van der Waals surface area contributed by atoms with Gasteiger partial charge in [0.05, 0.1) is 6.61 Å². The van der Waals surface area contributed by atoms with Crippen molar-refractivity contribution in [2.45, 2.75) is 51.6 Å². The summed E-state index contributed by atoms with van der Waals surface area (Å²) in [6.45, 7) is 8.78. The molecule has 1 N–H and O–H groups in total. The quantitative estimate of drug-likeness (QED) is 0.744. The molecule has 3 atom stereocenters. The van der Waals surface area contributed by atoms with Crippen molar-refractivity contribution in [3.63, 3.8) is 0 Å². The second kappa shape index (κ2) is 5.80. The van der Waals surface area contributed by atoms with Crippen molar-refractivity contribution in [1.82, 2.24) is 10.2 Å². The number of carbonyl (C=O) groups is 1. The summed E-state index contributed by atoms with van der Waals surface area (Å²) in [7, 11) is 1.90. The Kier molecular flexibility index (Phi) is 4.51. The van der Waals surface area contributed by atoms with Crippen LogP contribution < -0.4 is 5.32 Å². The van der Waals surface area contributed by atoms with Crippen molar-refractivity contribution in [2.24, 2.45) is 11.8 Å².